The number of aryl methyl sites for hydroxylation is 1. The number of aromatic amines is 1. The Balaban J connectivity index is 2.24. The van der Waals surface area contributed by atoms with Crippen LogP contribution in [0.3, 0.4) is 0 Å². The van der Waals surface area contributed by atoms with Crippen LogP contribution >= 0.6 is 11.3 Å². The van der Waals surface area contributed by atoms with Crippen molar-refractivity contribution in [1.82, 2.24) is 10.3 Å². The molecular weight excluding hydrogens is 312 g/mol. The Kier molecular flexibility index (Phi) is 5.60. The van der Waals surface area contributed by atoms with Gasteiger partial charge in [0.1, 0.15) is 5.69 Å². The zero-order chi connectivity index (χ0) is 17.0. The van der Waals surface area contributed by atoms with Crippen molar-refractivity contribution in [3.63, 3.8) is 0 Å². The first-order valence-corrected chi connectivity index (χ1v) is 8.58. The smallest absolute Gasteiger partial charge is 0.355 e. The standard InChI is InChI=1S/C17H22N2O3S/c1-5-12(13-8-7-9-23-13)19-16(20)14-10(3)15(18-11(14)4)17(21)22-6-2/h7-9,12,18H,5-6H2,1-4H3,(H,19,20). The van der Waals surface area contributed by atoms with Crippen LogP contribution in [-0.4, -0.2) is 23.5 Å². The lowest BCUT2D eigenvalue weighted by atomic mass is 10.1. The molecule has 0 aliphatic heterocycles. The number of carbonyl (C=O) groups is 2. The van der Waals surface area contributed by atoms with Crippen LogP contribution in [-0.2, 0) is 4.74 Å². The second-order valence-electron chi connectivity index (χ2n) is 5.30. The van der Waals surface area contributed by atoms with Gasteiger partial charge in [0.15, 0.2) is 0 Å². The summed E-state index contributed by atoms with van der Waals surface area (Å²) in [5.41, 5.74) is 2.16. The third-order valence-corrected chi connectivity index (χ3v) is 4.73. The van der Waals surface area contributed by atoms with E-state index in [9.17, 15) is 9.59 Å². The monoisotopic (exact) mass is 334 g/mol. The Morgan fingerprint density at radius 1 is 1.35 bits per heavy atom. The van der Waals surface area contributed by atoms with Gasteiger partial charge < -0.3 is 15.0 Å². The number of hydrogen-bond acceptors (Lipinski definition) is 4. The minimum absolute atomic E-state index is 0.0257. The number of carbonyl (C=O) groups excluding carboxylic acids is 2. The molecule has 2 aromatic rings. The molecule has 0 bridgehead atoms. The van der Waals surface area contributed by atoms with Crippen LogP contribution in [0.15, 0.2) is 17.5 Å². The van der Waals surface area contributed by atoms with E-state index < -0.39 is 5.97 Å². The molecule has 0 fully saturated rings. The maximum Gasteiger partial charge on any atom is 0.355 e. The highest BCUT2D eigenvalue weighted by atomic mass is 32.1. The first kappa shape index (κ1) is 17.3. The fourth-order valence-corrected chi connectivity index (χ4v) is 3.45. The topological polar surface area (TPSA) is 71.2 Å². The molecule has 0 aliphatic rings. The predicted molar refractivity (Wildman–Crippen MR) is 91.0 cm³/mol. The summed E-state index contributed by atoms with van der Waals surface area (Å²) < 4.78 is 5.02. The average Bonchev–Trinajstić information content (AvgIpc) is 3.13. The summed E-state index contributed by atoms with van der Waals surface area (Å²) in [6.07, 6.45) is 0.805. The van der Waals surface area contributed by atoms with Crippen LogP contribution in [0.4, 0.5) is 0 Å². The highest BCUT2D eigenvalue weighted by Crippen LogP contribution is 2.24. The van der Waals surface area contributed by atoms with Crippen molar-refractivity contribution >= 4 is 23.2 Å². The van der Waals surface area contributed by atoms with Crippen LogP contribution in [0.25, 0.3) is 0 Å². The quantitative estimate of drug-likeness (QED) is 0.790. The summed E-state index contributed by atoms with van der Waals surface area (Å²) in [7, 11) is 0. The zero-order valence-corrected chi connectivity index (χ0v) is 14.7. The number of thiophene rings is 1. The number of H-pyrrole nitrogens is 1. The van der Waals surface area contributed by atoms with Gasteiger partial charge in [-0.3, -0.25) is 4.79 Å². The second-order valence-corrected chi connectivity index (χ2v) is 6.27. The van der Waals surface area contributed by atoms with E-state index in [1.165, 1.54) is 0 Å². The van der Waals surface area contributed by atoms with Gasteiger partial charge in [-0.1, -0.05) is 13.0 Å². The normalized spacial score (nSPS) is 12.0. The van der Waals surface area contributed by atoms with Crippen LogP contribution in [0.2, 0.25) is 0 Å². The molecule has 2 N–H and O–H groups in total. The molecule has 5 nitrogen and oxygen atoms in total. The van der Waals surface area contributed by atoms with Gasteiger partial charge in [-0.15, -0.1) is 11.3 Å². The van der Waals surface area contributed by atoms with Gasteiger partial charge >= 0.3 is 5.97 Å². The van der Waals surface area contributed by atoms with Crippen molar-refractivity contribution < 1.29 is 14.3 Å². The third kappa shape index (κ3) is 3.64. The molecule has 0 aromatic carbocycles. The SMILES string of the molecule is CCOC(=O)c1[nH]c(C)c(C(=O)NC(CC)c2cccs2)c1C. The van der Waals surface area contributed by atoms with Gasteiger partial charge in [0.2, 0.25) is 0 Å². The first-order valence-electron chi connectivity index (χ1n) is 7.70. The third-order valence-electron chi connectivity index (χ3n) is 3.74. The minimum atomic E-state index is -0.433. The summed E-state index contributed by atoms with van der Waals surface area (Å²) in [4.78, 5) is 28.7. The lowest BCUT2D eigenvalue weighted by Crippen LogP contribution is -2.28. The van der Waals surface area contributed by atoms with Gasteiger partial charge in [0.25, 0.3) is 5.91 Å². The molecule has 0 saturated carbocycles. The number of esters is 1. The molecule has 2 heterocycles. The van der Waals surface area contributed by atoms with E-state index in [-0.39, 0.29) is 11.9 Å². The summed E-state index contributed by atoms with van der Waals surface area (Å²) in [6.45, 7) is 7.64. The molecule has 0 saturated heterocycles. The number of hydrogen-bond donors (Lipinski definition) is 2. The molecule has 6 heteroatoms. The van der Waals surface area contributed by atoms with Crippen LogP contribution in [0, 0.1) is 13.8 Å². The summed E-state index contributed by atoms with van der Waals surface area (Å²) in [5, 5.41) is 5.05. The molecule has 0 radical (unpaired) electrons. The van der Waals surface area contributed by atoms with Crippen molar-refractivity contribution in [2.24, 2.45) is 0 Å². The first-order chi connectivity index (χ1) is 11.0. The van der Waals surface area contributed by atoms with Gasteiger partial charge in [-0.2, -0.15) is 0 Å². The summed E-state index contributed by atoms with van der Waals surface area (Å²) in [5.74, 6) is -0.607. The van der Waals surface area contributed by atoms with Crippen molar-refractivity contribution in [2.75, 3.05) is 6.61 Å². The minimum Gasteiger partial charge on any atom is -0.461 e. The average molecular weight is 334 g/mol. The predicted octanol–water partition coefficient (Wildman–Crippen LogP) is 3.75. The molecule has 1 amide bonds. The Bertz CT molecular complexity index is 689. The fourth-order valence-electron chi connectivity index (χ4n) is 2.59. The van der Waals surface area contributed by atoms with Gasteiger partial charge in [0.05, 0.1) is 18.2 Å². The van der Waals surface area contributed by atoms with Gasteiger partial charge in [-0.25, -0.2) is 4.79 Å². The van der Waals surface area contributed by atoms with Crippen LogP contribution in [0.5, 0.6) is 0 Å². The molecule has 1 unspecified atom stereocenters. The lowest BCUT2D eigenvalue weighted by molar-refractivity contribution is 0.0519. The highest BCUT2D eigenvalue weighted by molar-refractivity contribution is 7.10. The van der Waals surface area contributed by atoms with Crippen molar-refractivity contribution in [3.8, 4) is 0 Å². The Hall–Kier alpha value is -2.08. The van der Waals surface area contributed by atoms with Crippen molar-refractivity contribution in [3.05, 3.63) is 44.9 Å². The van der Waals surface area contributed by atoms with E-state index >= 15 is 0 Å². The molecule has 1 atom stereocenters. The van der Waals surface area contributed by atoms with E-state index in [4.69, 9.17) is 4.74 Å². The number of rotatable bonds is 6. The van der Waals surface area contributed by atoms with E-state index in [0.29, 0.717) is 29.1 Å². The van der Waals surface area contributed by atoms with E-state index in [0.717, 1.165) is 11.3 Å². The summed E-state index contributed by atoms with van der Waals surface area (Å²) >= 11 is 1.62. The maximum atomic E-state index is 12.7. The molecule has 0 spiro atoms. The molecule has 0 aliphatic carbocycles. The number of aromatic nitrogens is 1. The maximum absolute atomic E-state index is 12.7. The zero-order valence-electron chi connectivity index (χ0n) is 13.9. The van der Waals surface area contributed by atoms with Crippen molar-refractivity contribution in [2.45, 2.75) is 40.2 Å². The molecule has 2 rings (SSSR count). The van der Waals surface area contributed by atoms with Crippen LogP contribution in [0.1, 0.15) is 63.3 Å². The molecular formula is C17H22N2O3S. The highest BCUT2D eigenvalue weighted by Gasteiger charge is 2.24. The van der Waals surface area contributed by atoms with Gasteiger partial charge in [-0.05, 0) is 44.2 Å². The van der Waals surface area contributed by atoms with E-state index in [1.807, 2.05) is 24.4 Å². The summed E-state index contributed by atoms with van der Waals surface area (Å²) in [6, 6.07) is 3.96. The van der Waals surface area contributed by atoms with E-state index in [2.05, 4.69) is 10.3 Å². The molecule has 124 valence electrons. The van der Waals surface area contributed by atoms with Crippen molar-refractivity contribution in [1.29, 1.82) is 0 Å². The molecule has 23 heavy (non-hydrogen) atoms. The fraction of sp³-hybridized carbons (Fsp3) is 0.412. The van der Waals surface area contributed by atoms with Gasteiger partial charge in [0, 0.05) is 10.6 Å². The van der Waals surface area contributed by atoms with Crippen LogP contribution < -0.4 is 5.32 Å². The Morgan fingerprint density at radius 3 is 2.65 bits per heavy atom. The number of amides is 1. The number of nitrogens with one attached hydrogen (secondary N) is 2. The number of ether oxygens (including phenoxy) is 1. The largest absolute Gasteiger partial charge is 0.461 e. The second kappa shape index (κ2) is 7.46. The Morgan fingerprint density at radius 2 is 2.09 bits per heavy atom. The van der Waals surface area contributed by atoms with E-state index in [1.54, 1.807) is 32.1 Å². The Labute approximate surface area is 140 Å². The lowest BCUT2D eigenvalue weighted by Gasteiger charge is -2.16. The molecule has 2 aromatic heterocycles.